The molecule has 0 aliphatic carbocycles. The Morgan fingerprint density at radius 3 is 1.22 bits per heavy atom. The molecule has 0 heterocycles. The van der Waals surface area contributed by atoms with E-state index < -0.39 is 23.9 Å². The van der Waals surface area contributed by atoms with E-state index >= 15 is 0 Å². The minimum absolute atomic E-state index is 0.360. The predicted molar refractivity (Wildman–Crippen MR) is 134 cm³/mol. The second-order valence-corrected chi connectivity index (χ2v) is 7.79. The summed E-state index contributed by atoms with van der Waals surface area (Å²) in [6.07, 6.45) is 0. The molecule has 3 aromatic carbocycles. The lowest BCUT2D eigenvalue weighted by Crippen LogP contribution is -2.37. The number of nitrogens with one attached hydrogen (secondary N) is 4. The molecule has 4 N–H and O–H groups in total. The maximum Gasteiger partial charge on any atom is 0.325 e. The zero-order valence-corrected chi connectivity index (χ0v) is 19.8. The summed E-state index contributed by atoms with van der Waals surface area (Å²) in [6, 6.07) is 19.1. The van der Waals surface area contributed by atoms with Gasteiger partial charge in [0.25, 0.3) is 11.8 Å². The minimum atomic E-state index is -0.665. The van der Waals surface area contributed by atoms with Crippen LogP contribution in [-0.2, 0) is 9.59 Å². The van der Waals surface area contributed by atoms with E-state index in [0.717, 1.165) is 11.1 Å². The van der Waals surface area contributed by atoms with E-state index in [9.17, 15) is 19.2 Å². The van der Waals surface area contributed by atoms with E-state index in [1.54, 1.807) is 24.3 Å². The molecular formula is C26H26N4O6. The van der Waals surface area contributed by atoms with Crippen LogP contribution in [0.15, 0.2) is 72.8 Å². The third-order valence-electron chi connectivity index (χ3n) is 4.69. The van der Waals surface area contributed by atoms with Gasteiger partial charge in [-0.2, -0.15) is 0 Å². The van der Waals surface area contributed by atoms with Crippen LogP contribution in [0.3, 0.4) is 0 Å². The van der Waals surface area contributed by atoms with Gasteiger partial charge in [0.2, 0.25) is 0 Å². The lowest BCUT2D eigenvalue weighted by molar-refractivity contribution is -0.122. The number of rotatable bonds is 8. The molecule has 3 aromatic rings. The zero-order valence-electron chi connectivity index (χ0n) is 19.8. The van der Waals surface area contributed by atoms with Gasteiger partial charge in [-0.3, -0.25) is 20.2 Å². The summed E-state index contributed by atoms with van der Waals surface area (Å²) in [6.45, 7) is 3.10. The van der Waals surface area contributed by atoms with E-state index in [1.807, 2.05) is 38.1 Å². The topological polar surface area (TPSA) is 135 Å². The van der Waals surface area contributed by atoms with Crippen molar-refractivity contribution in [3.8, 4) is 11.5 Å². The van der Waals surface area contributed by atoms with Gasteiger partial charge in [-0.25, -0.2) is 9.59 Å². The molecule has 0 fully saturated rings. The van der Waals surface area contributed by atoms with Gasteiger partial charge in [-0.1, -0.05) is 35.4 Å². The van der Waals surface area contributed by atoms with Crippen LogP contribution >= 0.6 is 0 Å². The van der Waals surface area contributed by atoms with Crippen molar-refractivity contribution in [2.45, 2.75) is 13.8 Å². The highest BCUT2D eigenvalue weighted by molar-refractivity contribution is 6.02. The Morgan fingerprint density at radius 1 is 0.556 bits per heavy atom. The number of amides is 6. The highest BCUT2D eigenvalue weighted by Gasteiger charge is 2.11. The normalized spacial score (nSPS) is 10.1. The van der Waals surface area contributed by atoms with E-state index in [2.05, 4.69) is 21.3 Å². The van der Waals surface area contributed by atoms with Crippen LogP contribution in [0, 0.1) is 13.8 Å². The Labute approximate surface area is 208 Å². The van der Waals surface area contributed by atoms with Crippen LogP contribution in [0.4, 0.5) is 21.0 Å². The van der Waals surface area contributed by atoms with E-state index in [0.29, 0.717) is 22.9 Å². The Kier molecular flexibility index (Phi) is 8.99. The van der Waals surface area contributed by atoms with Gasteiger partial charge >= 0.3 is 12.1 Å². The molecule has 0 aliphatic rings. The molecular weight excluding hydrogens is 464 g/mol. The summed E-state index contributed by atoms with van der Waals surface area (Å²) in [4.78, 5) is 47.6. The number of aryl methyl sites for hydroxylation is 2. The highest BCUT2D eigenvalue weighted by atomic mass is 16.5. The largest absolute Gasteiger partial charge is 0.484 e. The molecule has 6 amide bonds. The van der Waals surface area contributed by atoms with Crippen molar-refractivity contribution >= 4 is 35.3 Å². The Bertz CT molecular complexity index is 1110. The maximum atomic E-state index is 11.9. The molecule has 0 aromatic heterocycles. The molecule has 0 saturated heterocycles. The first-order valence-corrected chi connectivity index (χ1v) is 11.0. The standard InChI is InChI=1S/C26H26N4O6/c1-17-3-7-19(8-4-17)27-25(33)29-23(31)15-35-21-11-13-22(14-12-21)36-16-24(32)30-26(34)28-20-9-5-18(2)6-10-20/h3-14H,15-16H2,1-2H3,(H2,27,29,31,33)(H2,28,30,32,34). The van der Waals surface area contributed by atoms with Gasteiger partial charge < -0.3 is 20.1 Å². The number of benzene rings is 3. The molecule has 36 heavy (non-hydrogen) atoms. The highest BCUT2D eigenvalue weighted by Crippen LogP contribution is 2.17. The van der Waals surface area contributed by atoms with E-state index in [1.165, 1.54) is 24.3 Å². The van der Waals surface area contributed by atoms with Crippen LogP contribution in [0.1, 0.15) is 11.1 Å². The quantitative estimate of drug-likeness (QED) is 0.380. The summed E-state index contributed by atoms with van der Waals surface area (Å²) in [5.74, 6) is -0.530. The van der Waals surface area contributed by atoms with Crippen molar-refractivity contribution in [3.63, 3.8) is 0 Å². The van der Waals surface area contributed by atoms with Crippen molar-refractivity contribution in [3.05, 3.63) is 83.9 Å². The molecule has 10 heteroatoms. The average Bonchev–Trinajstić information content (AvgIpc) is 2.85. The molecule has 3 rings (SSSR count). The second kappa shape index (κ2) is 12.6. The van der Waals surface area contributed by atoms with Crippen molar-refractivity contribution in [2.75, 3.05) is 23.8 Å². The molecule has 0 bridgehead atoms. The summed E-state index contributed by atoms with van der Waals surface area (Å²) in [5, 5.41) is 9.46. The van der Waals surface area contributed by atoms with Crippen molar-refractivity contribution in [2.24, 2.45) is 0 Å². The van der Waals surface area contributed by atoms with E-state index in [4.69, 9.17) is 9.47 Å². The molecule has 186 valence electrons. The zero-order chi connectivity index (χ0) is 25.9. The van der Waals surface area contributed by atoms with Crippen LogP contribution in [0.5, 0.6) is 11.5 Å². The smallest absolute Gasteiger partial charge is 0.325 e. The van der Waals surface area contributed by atoms with Crippen molar-refractivity contribution in [1.82, 2.24) is 10.6 Å². The number of ether oxygens (including phenoxy) is 2. The third kappa shape index (κ3) is 8.82. The van der Waals surface area contributed by atoms with Crippen LogP contribution in [0.25, 0.3) is 0 Å². The molecule has 0 saturated carbocycles. The van der Waals surface area contributed by atoms with Gasteiger partial charge in [0, 0.05) is 11.4 Å². The third-order valence-corrected chi connectivity index (χ3v) is 4.69. The van der Waals surface area contributed by atoms with Gasteiger partial charge in [-0.15, -0.1) is 0 Å². The molecule has 0 unspecified atom stereocenters. The molecule has 0 spiro atoms. The Hall–Kier alpha value is -4.86. The number of carbonyl (C=O) groups is 4. The Balaban J connectivity index is 1.35. The SMILES string of the molecule is Cc1ccc(NC(=O)NC(=O)COc2ccc(OCC(=O)NC(=O)Nc3ccc(C)cc3)cc2)cc1. The average molecular weight is 491 g/mol. The fourth-order valence-corrected chi connectivity index (χ4v) is 2.85. The van der Waals surface area contributed by atoms with Gasteiger partial charge in [0.1, 0.15) is 11.5 Å². The summed E-state index contributed by atoms with van der Waals surface area (Å²) in [7, 11) is 0. The molecule has 0 atom stereocenters. The van der Waals surface area contributed by atoms with Crippen molar-refractivity contribution in [1.29, 1.82) is 0 Å². The number of imide groups is 2. The summed E-state index contributed by atoms with van der Waals surface area (Å²) < 4.78 is 10.7. The fourth-order valence-electron chi connectivity index (χ4n) is 2.85. The minimum Gasteiger partial charge on any atom is -0.484 e. The van der Waals surface area contributed by atoms with Crippen LogP contribution in [-0.4, -0.2) is 37.1 Å². The molecule has 0 radical (unpaired) electrons. The van der Waals surface area contributed by atoms with Gasteiger partial charge in [0.15, 0.2) is 13.2 Å². The number of anilines is 2. The first-order chi connectivity index (χ1) is 17.3. The first-order valence-electron chi connectivity index (χ1n) is 11.0. The summed E-state index contributed by atoms with van der Waals surface area (Å²) >= 11 is 0. The van der Waals surface area contributed by atoms with Gasteiger partial charge in [-0.05, 0) is 62.4 Å². The first kappa shape index (κ1) is 25.8. The monoisotopic (exact) mass is 490 g/mol. The Morgan fingerprint density at radius 2 is 0.889 bits per heavy atom. The predicted octanol–water partition coefficient (Wildman–Crippen LogP) is 3.76. The van der Waals surface area contributed by atoms with Gasteiger partial charge in [0.05, 0.1) is 0 Å². The number of urea groups is 2. The lowest BCUT2D eigenvalue weighted by atomic mass is 10.2. The van der Waals surface area contributed by atoms with E-state index in [-0.39, 0.29) is 13.2 Å². The number of hydrogen-bond acceptors (Lipinski definition) is 6. The van der Waals surface area contributed by atoms with Crippen molar-refractivity contribution < 1.29 is 28.7 Å². The lowest BCUT2D eigenvalue weighted by Gasteiger charge is -2.10. The summed E-state index contributed by atoms with van der Waals surface area (Å²) in [5.41, 5.74) is 3.21. The van der Waals surface area contributed by atoms with Crippen LogP contribution in [0.2, 0.25) is 0 Å². The maximum absolute atomic E-state index is 11.9. The number of carbonyl (C=O) groups excluding carboxylic acids is 4. The number of hydrogen-bond donors (Lipinski definition) is 4. The molecule has 10 nitrogen and oxygen atoms in total. The second-order valence-electron chi connectivity index (χ2n) is 7.79. The molecule has 0 aliphatic heterocycles. The fraction of sp³-hybridized carbons (Fsp3) is 0.154. The van der Waals surface area contributed by atoms with Crippen LogP contribution < -0.4 is 30.7 Å².